The minimum atomic E-state index is -0.925. The molecular formula is C30H27N3O8. The molecule has 1 aliphatic rings. The molecule has 0 aromatic heterocycles. The van der Waals surface area contributed by atoms with Gasteiger partial charge in [-0.1, -0.05) is 23.8 Å². The van der Waals surface area contributed by atoms with E-state index in [1.54, 1.807) is 37.3 Å². The lowest BCUT2D eigenvalue weighted by Crippen LogP contribution is -2.54. The Labute approximate surface area is 235 Å². The Morgan fingerprint density at radius 3 is 2.29 bits per heavy atom. The molecule has 0 bridgehead atoms. The lowest BCUT2D eigenvalue weighted by molar-refractivity contribution is -0.122. The third-order valence-electron chi connectivity index (χ3n) is 5.92. The predicted octanol–water partition coefficient (Wildman–Crippen LogP) is 3.86. The number of amides is 5. The van der Waals surface area contributed by atoms with Crippen LogP contribution >= 0.6 is 0 Å². The summed E-state index contributed by atoms with van der Waals surface area (Å²) in [6.45, 7) is 3.73. The van der Waals surface area contributed by atoms with Crippen LogP contribution in [0.25, 0.3) is 6.08 Å². The van der Waals surface area contributed by atoms with Gasteiger partial charge in [0.05, 0.1) is 25.0 Å². The van der Waals surface area contributed by atoms with Crippen molar-refractivity contribution in [2.45, 2.75) is 13.8 Å². The fourth-order valence-electron chi connectivity index (χ4n) is 3.90. The van der Waals surface area contributed by atoms with E-state index in [0.29, 0.717) is 17.0 Å². The van der Waals surface area contributed by atoms with Crippen molar-refractivity contribution in [2.75, 3.05) is 30.5 Å². The largest absolute Gasteiger partial charge is 0.490 e. The van der Waals surface area contributed by atoms with Crippen LogP contribution in [-0.2, 0) is 19.1 Å². The van der Waals surface area contributed by atoms with Gasteiger partial charge < -0.3 is 19.5 Å². The van der Waals surface area contributed by atoms with Gasteiger partial charge in [0.2, 0.25) is 0 Å². The molecular weight excluding hydrogens is 530 g/mol. The van der Waals surface area contributed by atoms with E-state index in [1.807, 2.05) is 19.1 Å². The number of methoxy groups -OCH3 is 1. The Hall–Kier alpha value is -5.45. The van der Waals surface area contributed by atoms with Gasteiger partial charge in [0.25, 0.3) is 17.7 Å². The molecule has 0 unspecified atom stereocenters. The second-order valence-electron chi connectivity index (χ2n) is 8.84. The first-order valence-corrected chi connectivity index (χ1v) is 12.6. The number of hydrogen-bond acceptors (Lipinski definition) is 8. The first-order valence-electron chi connectivity index (χ1n) is 12.6. The Bertz CT molecular complexity index is 1530. The van der Waals surface area contributed by atoms with Crippen molar-refractivity contribution in [3.63, 3.8) is 0 Å². The van der Waals surface area contributed by atoms with Gasteiger partial charge in [0.15, 0.2) is 18.1 Å². The van der Waals surface area contributed by atoms with Crippen LogP contribution in [0.1, 0.15) is 28.4 Å². The molecule has 0 saturated carbocycles. The van der Waals surface area contributed by atoms with E-state index in [2.05, 4.69) is 15.4 Å². The quantitative estimate of drug-likeness (QED) is 0.230. The standard InChI is InChI=1S/C30H27N3O8/c1-4-40-25-16-19(7-14-24(25)41-17-26(34)31-21-10-5-18(2)6-11-21)15-23-27(35)32-30(38)33(28(23)36)22-12-8-20(9-13-22)29(37)39-3/h5-16H,4,17H2,1-3H3,(H,31,34)(H,32,35,38)/b23-15+. The summed E-state index contributed by atoms with van der Waals surface area (Å²) in [5, 5.41) is 4.90. The van der Waals surface area contributed by atoms with Gasteiger partial charge in [-0.2, -0.15) is 0 Å². The van der Waals surface area contributed by atoms with Crippen LogP contribution < -0.4 is 25.0 Å². The van der Waals surface area contributed by atoms with E-state index in [9.17, 15) is 24.0 Å². The number of rotatable bonds is 9. The third-order valence-corrected chi connectivity index (χ3v) is 5.92. The number of barbiturate groups is 1. The maximum atomic E-state index is 13.2. The van der Waals surface area contributed by atoms with Crippen LogP contribution in [0.15, 0.2) is 72.3 Å². The lowest BCUT2D eigenvalue weighted by Gasteiger charge is -2.26. The molecule has 0 radical (unpaired) electrons. The number of urea groups is 1. The Balaban J connectivity index is 1.52. The molecule has 3 aromatic carbocycles. The highest BCUT2D eigenvalue weighted by molar-refractivity contribution is 6.39. The van der Waals surface area contributed by atoms with Gasteiger partial charge >= 0.3 is 12.0 Å². The molecule has 4 rings (SSSR count). The number of imide groups is 2. The van der Waals surface area contributed by atoms with Crippen LogP contribution in [0.2, 0.25) is 0 Å². The molecule has 11 nitrogen and oxygen atoms in total. The normalized spacial score (nSPS) is 14.0. The highest BCUT2D eigenvalue weighted by atomic mass is 16.5. The summed E-state index contributed by atoms with van der Waals surface area (Å²) < 4.78 is 16.0. The summed E-state index contributed by atoms with van der Waals surface area (Å²) in [5.41, 5.74) is 2.21. The van der Waals surface area contributed by atoms with Crippen molar-refractivity contribution in [3.05, 3.63) is 89.0 Å². The number of nitrogens with zero attached hydrogens (tertiary/aromatic N) is 1. The molecule has 0 spiro atoms. The van der Waals surface area contributed by atoms with Crippen molar-refractivity contribution in [1.29, 1.82) is 0 Å². The smallest absolute Gasteiger partial charge is 0.337 e. The van der Waals surface area contributed by atoms with Crippen LogP contribution in [0.3, 0.4) is 0 Å². The second-order valence-corrected chi connectivity index (χ2v) is 8.84. The molecule has 2 N–H and O–H groups in total. The molecule has 1 heterocycles. The van der Waals surface area contributed by atoms with Crippen LogP contribution in [0, 0.1) is 6.92 Å². The molecule has 41 heavy (non-hydrogen) atoms. The van der Waals surface area contributed by atoms with Crippen LogP contribution in [0.4, 0.5) is 16.2 Å². The van der Waals surface area contributed by atoms with E-state index in [4.69, 9.17) is 9.47 Å². The van der Waals surface area contributed by atoms with Crippen molar-refractivity contribution in [2.24, 2.45) is 0 Å². The molecule has 0 aliphatic carbocycles. The summed E-state index contributed by atoms with van der Waals surface area (Å²) in [6.07, 6.45) is 1.32. The van der Waals surface area contributed by atoms with Crippen LogP contribution in [-0.4, -0.2) is 50.0 Å². The Morgan fingerprint density at radius 1 is 0.927 bits per heavy atom. The SMILES string of the molecule is CCOc1cc(/C=C2\C(=O)NC(=O)N(c3ccc(C(=O)OC)cc3)C2=O)ccc1OCC(=O)Nc1ccc(C)cc1. The van der Waals surface area contributed by atoms with E-state index in [1.165, 1.54) is 37.5 Å². The molecule has 0 atom stereocenters. The molecule has 3 aromatic rings. The summed E-state index contributed by atoms with van der Waals surface area (Å²) in [5.74, 6) is -2.08. The molecule has 11 heteroatoms. The van der Waals surface area contributed by atoms with Crippen molar-refractivity contribution < 1.29 is 38.2 Å². The maximum Gasteiger partial charge on any atom is 0.337 e. The zero-order valence-corrected chi connectivity index (χ0v) is 22.6. The third kappa shape index (κ3) is 6.77. The Morgan fingerprint density at radius 2 is 1.63 bits per heavy atom. The van der Waals surface area contributed by atoms with Crippen molar-refractivity contribution in [3.8, 4) is 11.5 Å². The number of esters is 1. The lowest BCUT2D eigenvalue weighted by atomic mass is 10.1. The van der Waals surface area contributed by atoms with Gasteiger partial charge in [0.1, 0.15) is 5.57 Å². The summed E-state index contributed by atoms with van der Waals surface area (Å²) in [6, 6.07) is 16.7. The molecule has 5 amide bonds. The molecule has 1 aliphatic heterocycles. The number of carbonyl (C=O) groups is 5. The zero-order chi connectivity index (χ0) is 29.5. The van der Waals surface area contributed by atoms with Gasteiger partial charge in [-0.15, -0.1) is 0 Å². The van der Waals surface area contributed by atoms with E-state index in [-0.39, 0.29) is 41.7 Å². The number of ether oxygens (including phenoxy) is 3. The van der Waals surface area contributed by atoms with Gasteiger partial charge in [-0.3, -0.25) is 19.7 Å². The van der Waals surface area contributed by atoms with Gasteiger partial charge in [0, 0.05) is 5.69 Å². The van der Waals surface area contributed by atoms with Gasteiger partial charge in [-0.25, -0.2) is 14.5 Å². The highest BCUT2D eigenvalue weighted by Crippen LogP contribution is 2.30. The average Bonchev–Trinajstić information content (AvgIpc) is 2.96. The van der Waals surface area contributed by atoms with E-state index in [0.717, 1.165) is 10.5 Å². The minimum absolute atomic E-state index is 0.154. The zero-order valence-electron chi connectivity index (χ0n) is 22.6. The van der Waals surface area contributed by atoms with Crippen molar-refractivity contribution in [1.82, 2.24) is 5.32 Å². The summed E-state index contributed by atoms with van der Waals surface area (Å²) in [4.78, 5) is 63.2. The Kier molecular flexibility index (Phi) is 8.78. The number of benzene rings is 3. The number of carbonyl (C=O) groups excluding carboxylic acids is 5. The van der Waals surface area contributed by atoms with Crippen molar-refractivity contribution >= 4 is 47.2 Å². The predicted molar refractivity (Wildman–Crippen MR) is 150 cm³/mol. The average molecular weight is 558 g/mol. The maximum absolute atomic E-state index is 13.2. The fourth-order valence-corrected chi connectivity index (χ4v) is 3.90. The van der Waals surface area contributed by atoms with Crippen LogP contribution in [0.5, 0.6) is 11.5 Å². The number of nitrogens with one attached hydrogen (secondary N) is 2. The fraction of sp³-hybridized carbons (Fsp3) is 0.167. The van der Waals surface area contributed by atoms with E-state index < -0.39 is 23.8 Å². The first kappa shape index (κ1) is 28.6. The molecule has 1 fully saturated rings. The molecule has 210 valence electrons. The minimum Gasteiger partial charge on any atom is -0.490 e. The summed E-state index contributed by atoms with van der Waals surface area (Å²) in [7, 11) is 1.24. The number of anilines is 2. The topological polar surface area (TPSA) is 140 Å². The van der Waals surface area contributed by atoms with Gasteiger partial charge in [-0.05, 0) is 74.0 Å². The van der Waals surface area contributed by atoms with E-state index >= 15 is 0 Å². The second kappa shape index (κ2) is 12.6. The number of aryl methyl sites for hydroxylation is 1. The summed E-state index contributed by atoms with van der Waals surface area (Å²) >= 11 is 0. The monoisotopic (exact) mass is 557 g/mol. The first-order chi connectivity index (χ1) is 19.7. The highest BCUT2D eigenvalue weighted by Gasteiger charge is 2.37. The molecule has 1 saturated heterocycles. The number of hydrogen-bond donors (Lipinski definition) is 2.